The first-order chi connectivity index (χ1) is 24.7. The van der Waals surface area contributed by atoms with Gasteiger partial charge in [0, 0.05) is 63.2 Å². The molecule has 0 bridgehead atoms. The number of esters is 1. The first-order valence-corrected chi connectivity index (χ1v) is 18.8. The highest BCUT2D eigenvalue weighted by molar-refractivity contribution is 7.09. The van der Waals surface area contributed by atoms with Crippen molar-refractivity contribution in [2.75, 3.05) is 40.4 Å². The largest absolute Gasteiger partial charge is 0.481 e. The van der Waals surface area contributed by atoms with Crippen molar-refractivity contribution >= 4 is 41.0 Å². The number of likely N-dealkylation sites (N-methyl/N-ethyl adjacent to an activating group) is 2. The van der Waals surface area contributed by atoms with E-state index in [9.17, 15) is 29.1 Å². The standard InChI is InChI=1S/C36H53N7O8S/c1-20(2)27(43(7)35(47)30(24-10-11-24)41-33(46)28-18-50-13-12-42(28)6)14-29(51-23(5)44)34-40-26(19-52-34)32(45)39-17-25(9-8-22(4)36(48)49)31-37-15-21(3)16-38-31/h15-16,19-20,22,24-25,27-30H,8-14,17-18H2,1-7H3,(H,39,45)(H,41,46)(H,48,49)/t22-,25?,27+,28+,29+,30-/m0/s1. The molecule has 3 amide bonds. The van der Waals surface area contributed by atoms with Crippen LogP contribution in [0.15, 0.2) is 17.8 Å². The number of carbonyl (C=O) groups is 5. The van der Waals surface area contributed by atoms with E-state index in [0.29, 0.717) is 36.8 Å². The van der Waals surface area contributed by atoms with Gasteiger partial charge in [0.05, 0.1) is 19.1 Å². The number of hydrogen-bond donors (Lipinski definition) is 3. The van der Waals surface area contributed by atoms with E-state index in [1.54, 1.807) is 36.6 Å². The zero-order chi connectivity index (χ0) is 38.1. The van der Waals surface area contributed by atoms with Crippen molar-refractivity contribution in [1.29, 1.82) is 0 Å². The molecule has 4 rings (SSSR count). The maximum atomic E-state index is 14.0. The SMILES string of the molecule is CC(=O)O[C@H](C[C@H](C(C)C)N(C)C(=O)[C@@H](NC(=O)[C@H]1COCCN1C)C1CC1)c1nc(C(=O)NCC(CC[C@H](C)C(=O)O)c2ncc(C)cn2)cs1. The molecule has 3 heterocycles. The molecule has 6 atom stereocenters. The molecule has 0 spiro atoms. The Hall–Kier alpha value is -4.02. The Kier molecular flexibility index (Phi) is 14.6. The van der Waals surface area contributed by atoms with Gasteiger partial charge >= 0.3 is 11.9 Å². The number of thiazole rings is 1. The fourth-order valence-corrected chi connectivity index (χ4v) is 7.10. The summed E-state index contributed by atoms with van der Waals surface area (Å²) >= 11 is 1.18. The first-order valence-electron chi connectivity index (χ1n) is 17.9. The van der Waals surface area contributed by atoms with Crippen LogP contribution >= 0.6 is 11.3 Å². The van der Waals surface area contributed by atoms with Gasteiger partial charge in [-0.1, -0.05) is 20.8 Å². The number of aromatic nitrogens is 3. The number of nitrogens with one attached hydrogen (secondary N) is 2. The molecule has 1 aliphatic carbocycles. The lowest BCUT2D eigenvalue weighted by Gasteiger charge is -2.37. The molecule has 0 radical (unpaired) electrons. The quantitative estimate of drug-likeness (QED) is 0.189. The van der Waals surface area contributed by atoms with Crippen LogP contribution in [0.1, 0.15) is 98.7 Å². The Morgan fingerprint density at radius 2 is 1.83 bits per heavy atom. The first kappa shape index (κ1) is 40.7. The maximum Gasteiger partial charge on any atom is 0.306 e. The van der Waals surface area contributed by atoms with Crippen LogP contribution in [-0.4, -0.2) is 118 Å². The van der Waals surface area contributed by atoms with E-state index in [2.05, 4.69) is 25.6 Å². The average molecular weight is 744 g/mol. The number of aryl methyl sites for hydroxylation is 1. The Bertz CT molecular complexity index is 1550. The summed E-state index contributed by atoms with van der Waals surface area (Å²) in [4.78, 5) is 81.3. The van der Waals surface area contributed by atoms with Crippen molar-refractivity contribution in [3.63, 3.8) is 0 Å². The van der Waals surface area contributed by atoms with Crippen LogP contribution in [0.5, 0.6) is 0 Å². The molecule has 2 aliphatic rings. The number of carbonyl (C=O) groups excluding carboxylic acids is 4. The van der Waals surface area contributed by atoms with E-state index in [4.69, 9.17) is 9.47 Å². The van der Waals surface area contributed by atoms with E-state index in [0.717, 1.165) is 18.4 Å². The summed E-state index contributed by atoms with van der Waals surface area (Å²) in [5.41, 5.74) is 1.02. The summed E-state index contributed by atoms with van der Waals surface area (Å²) in [5, 5.41) is 17.3. The van der Waals surface area contributed by atoms with Crippen molar-refractivity contribution in [2.45, 2.75) is 96.9 Å². The summed E-state index contributed by atoms with van der Waals surface area (Å²) in [6, 6.07) is -1.54. The summed E-state index contributed by atoms with van der Waals surface area (Å²) in [5.74, 6) is -2.69. The second kappa shape index (κ2) is 18.6. The van der Waals surface area contributed by atoms with Crippen LogP contribution < -0.4 is 10.6 Å². The van der Waals surface area contributed by atoms with Crippen molar-refractivity contribution < 1.29 is 38.6 Å². The highest BCUT2D eigenvalue weighted by atomic mass is 32.1. The number of nitrogens with zero attached hydrogens (tertiary/aromatic N) is 5. The zero-order valence-corrected chi connectivity index (χ0v) is 32.0. The fourth-order valence-electron chi connectivity index (χ4n) is 6.26. The minimum Gasteiger partial charge on any atom is -0.481 e. The molecule has 1 aliphatic heterocycles. The van der Waals surface area contributed by atoms with Gasteiger partial charge in [0.1, 0.15) is 28.6 Å². The molecule has 1 saturated heterocycles. The molecule has 3 N–H and O–H groups in total. The lowest BCUT2D eigenvalue weighted by molar-refractivity contribution is -0.149. The summed E-state index contributed by atoms with van der Waals surface area (Å²) in [7, 11) is 3.58. The van der Waals surface area contributed by atoms with Crippen LogP contribution in [0.3, 0.4) is 0 Å². The van der Waals surface area contributed by atoms with Crippen LogP contribution in [0, 0.1) is 24.7 Å². The third kappa shape index (κ3) is 11.2. The Balaban J connectivity index is 1.45. The van der Waals surface area contributed by atoms with E-state index in [-0.39, 0.29) is 60.9 Å². The minimum absolute atomic E-state index is 0.0450. The van der Waals surface area contributed by atoms with Crippen molar-refractivity contribution in [3.8, 4) is 0 Å². The van der Waals surface area contributed by atoms with Crippen LogP contribution in [-0.2, 0) is 28.7 Å². The number of carboxylic acids is 1. The number of amides is 3. The van der Waals surface area contributed by atoms with Gasteiger partial charge in [-0.25, -0.2) is 15.0 Å². The number of aliphatic carboxylic acids is 1. The molecule has 1 unspecified atom stereocenters. The van der Waals surface area contributed by atoms with Gasteiger partial charge in [-0.3, -0.25) is 28.9 Å². The summed E-state index contributed by atoms with van der Waals surface area (Å²) in [6.45, 7) is 10.4. The molecule has 2 aromatic heterocycles. The Morgan fingerprint density at radius 1 is 1.13 bits per heavy atom. The average Bonchev–Trinajstić information content (AvgIpc) is 3.83. The molecule has 16 heteroatoms. The molecule has 15 nitrogen and oxygen atoms in total. The summed E-state index contributed by atoms with van der Waals surface area (Å²) in [6.07, 6.45) is 5.28. The molecule has 1 saturated carbocycles. The molecule has 0 aromatic carbocycles. The van der Waals surface area contributed by atoms with Gasteiger partial charge in [0.15, 0.2) is 6.10 Å². The van der Waals surface area contributed by atoms with E-state index in [1.807, 2.05) is 32.7 Å². The van der Waals surface area contributed by atoms with Crippen LogP contribution in [0.4, 0.5) is 0 Å². The zero-order valence-electron chi connectivity index (χ0n) is 31.2. The summed E-state index contributed by atoms with van der Waals surface area (Å²) < 4.78 is 11.3. The van der Waals surface area contributed by atoms with Gasteiger partial charge in [0.25, 0.3) is 5.91 Å². The lowest BCUT2D eigenvalue weighted by Crippen LogP contribution is -2.58. The number of hydrogen-bond acceptors (Lipinski definition) is 12. The van der Waals surface area contributed by atoms with Gasteiger partial charge in [-0.2, -0.15) is 0 Å². The van der Waals surface area contributed by atoms with Gasteiger partial charge in [-0.05, 0) is 57.1 Å². The highest BCUT2D eigenvalue weighted by Crippen LogP contribution is 2.35. The predicted molar refractivity (Wildman–Crippen MR) is 192 cm³/mol. The van der Waals surface area contributed by atoms with Gasteiger partial charge in [0.2, 0.25) is 11.8 Å². The third-order valence-electron chi connectivity index (χ3n) is 9.81. The normalized spacial score (nSPS) is 19.2. The van der Waals surface area contributed by atoms with E-state index >= 15 is 0 Å². The fraction of sp³-hybridized carbons (Fsp3) is 0.667. The molecular formula is C36H53N7O8S. The second-order valence-electron chi connectivity index (χ2n) is 14.4. The molecule has 52 heavy (non-hydrogen) atoms. The lowest BCUT2D eigenvalue weighted by atomic mass is 9.95. The highest BCUT2D eigenvalue weighted by Gasteiger charge is 2.42. The number of rotatable bonds is 18. The predicted octanol–water partition coefficient (Wildman–Crippen LogP) is 2.96. The maximum absolute atomic E-state index is 14.0. The van der Waals surface area contributed by atoms with Crippen molar-refractivity contribution in [2.24, 2.45) is 17.8 Å². The number of carboxylic acid groups (broad SMARTS) is 1. The Morgan fingerprint density at radius 3 is 2.42 bits per heavy atom. The smallest absolute Gasteiger partial charge is 0.306 e. The molecule has 2 fully saturated rings. The number of morpholine rings is 1. The van der Waals surface area contributed by atoms with Gasteiger partial charge in [-0.15, -0.1) is 11.3 Å². The van der Waals surface area contributed by atoms with Crippen molar-refractivity contribution in [3.05, 3.63) is 39.9 Å². The van der Waals surface area contributed by atoms with Crippen LogP contribution in [0.25, 0.3) is 0 Å². The van der Waals surface area contributed by atoms with E-state index < -0.39 is 42.0 Å². The molecule has 2 aromatic rings. The molecule has 286 valence electrons. The number of ether oxygens (including phenoxy) is 2. The van der Waals surface area contributed by atoms with E-state index in [1.165, 1.54) is 18.3 Å². The molecular weight excluding hydrogens is 691 g/mol. The topological polar surface area (TPSA) is 193 Å². The second-order valence-corrected chi connectivity index (χ2v) is 15.3. The monoisotopic (exact) mass is 743 g/mol. The van der Waals surface area contributed by atoms with Crippen molar-refractivity contribution in [1.82, 2.24) is 35.4 Å². The third-order valence-corrected chi connectivity index (χ3v) is 10.7. The minimum atomic E-state index is -0.895. The van der Waals surface area contributed by atoms with Crippen LogP contribution in [0.2, 0.25) is 0 Å². The Labute approximate surface area is 309 Å². The van der Waals surface area contributed by atoms with Gasteiger partial charge < -0.3 is 30.1 Å².